The maximum absolute atomic E-state index is 9.35. The van der Waals surface area contributed by atoms with Crippen LogP contribution < -0.4 is 0 Å². The van der Waals surface area contributed by atoms with E-state index in [0.29, 0.717) is 43.2 Å². The Kier molecular flexibility index (Phi) is 4.84. The van der Waals surface area contributed by atoms with Gasteiger partial charge in [-0.1, -0.05) is 5.16 Å². The van der Waals surface area contributed by atoms with Crippen LogP contribution in [-0.2, 0) is 22.4 Å². The van der Waals surface area contributed by atoms with E-state index in [9.17, 15) is 5.11 Å². The van der Waals surface area contributed by atoms with E-state index in [1.165, 1.54) is 0 Å². The number of ether oxygens (including phenoxy) is 2. The van der Waals surface area contributed by atoms with Crippen LogP contribution in [0.5, 0.6) is 0 Å². The lowest BCUT2D eigenvalue weighted by molar-refractivity contribution is -0.0617. The Morgan fingerprint density at radius 1 is 1.43 bits per heavy atom. The molecule has 0 spiro atoms. The Hall–Kier alpha value is -1.02. The monoisotopic (exact) mass is 297 g/mol. The number of aliphatic hydroxyl groups excluding tert-OH is 1. The van der Waals surface area contributed by atoms with E-state index in [1.54, 1.807) is 7.11 Å². The first-order valence-corrected chi connectivity index (χ1v) is 7.57. The predicted octanol–water partition coefficient (Wildman–Crippen LogP) is 0.230. The highest BCUT2D eigenvalue weighted by molar-refractivity contribution is 4.95. The Morgan fingerprint density at radius 2 is 2.33 bits per heavy atom. The molecule has 0 amide bonds. The minimum Gasteiger partial charge on any atom is -0.396 e. The molecule has 2 aliphatic rings. The summed E-state index contributed by atoms with van der Waals surface area (Å²) >= 11 is 0. The maximum Gasteiger partial charge on any atom is 0.240 e. The summed E-state index contributed by atoms with van der Waals surface area (Å²) in [5, 5.41) is 13.3. The SMILES string of the molecule is COCCc1noc(CN2CCO[C@H]3C[C@H](CO)C[C@@H]32)n1. The van der Waals surface area contributed by atoms with E-state index in [0.717, 1.165) is 26.0 Å². The van der Waals surface area contributed by atoms with Crippen molar-refractivity contribution in [2.75, 3.05) is 33.5 Å². The molecule has 0 unspecified atom stereocenters. The van der Waals surface area contributed by atoms with Crippen LogP contribution in [0.1, 0.15) is 24.6 Å². The number of fused-ring (bicyclic) bond motifs is 1. The smallest absolute Gasteiger partial charge is 0.240 e. The first-order valence-electron chi connectivity index (χ1n) is 7.57. The van der Waals surface area contributed by atoms with Crippen molar-refractivity contribution in [2.24, 2.45) is 5.92 Å². The van der Waals surface area contributed by atoms with Crippen molar-refractivity contribution >= 4 is 0 Å². The second-order valence-electron chi connectivity index (χ2n) is 5.81. The summed E-state index contributed by atoms with van der Waals surface area (Å²) in [5.41, 5.74) is 0. The molecule has 7 heteroatoms. The summed E-state index contributed by atoms with van der Waals surface area (Å²) < 4.78 is 16.2. The average Bonchev–Trinajstić information content (AvgIpc) is 3.12. The molecule has 1 aliphatic carbocycles. The molecule has 118 valence electrons. The van der Waals surface area contributed by atoms with Gasteiger partial charge in [0.1, 0.15) is 0 Å². The number of aliphatic hydroxyl groups is 1. The van der Waals surface area contributed by atoms with E-state index in [1.807, 2.05) is 0 Å². The van der Waals surface area contributed by atoms with Gasteiger partial charge in [0.05, 0.1) is 25.9 Å². The molecule has 1 saturated carbocycles. The molecule has 7 nitrogen and oxygen atoms in total. The molecule has 0 bridgehead atoms. The number of methoxy groups -OCH3 is 1. The van der Waals surface area contributed by atoms with Crippen molar-refractivity contribution in [1.29, 1.82) is 0 Å². The van der Waals surface area contributed by atoms with Crippen molar-refractivity contribution in [2.45, 2.75) is 38.0 Å². The number of hydrogen-bond donors (Lipinski definition) is 1. The zero-order chi connectivity index (χ0) is 14.7. The van der Waals surface area contributed by atoms with Crippen LogP contribution in [0.3, 0.4) is 0 Å². The van der Waals surface area contributed by atoms with Crippen molar-refractivity contribution in [3.8, 4) is 0 Å². The largest absolute Gasteiger partial charge is 0.396 e. The fraction of sp³-hybridized carbons (Fsp3) is 0.857. The van der Waals surface area contributed by atoms with Gasteiger partial charge in [0.15, 0.2) is 5.82 Å². The molecule has 0 aromatic carbocycles. The third-order valence-electron chi connectivity index (χ3n) is 4.39. The lowest BCUT2D eigenvalue weighted by Gasteiger charge is -2.36. The Morgan fingerprint density at radius 3 is 3.14 bits per heavy atom. The molecule has 1 aromatic heterocycles. The minimum atomic E-state index is 0.229. The van der Waals surface area contributed by atoms with Gasteiger partial charge in [0.2, 0.25) is 5.89 Å². The summed E-state index contributed by atoms with van der Waals surface area (Å²) in [6.45, 7) is 3.09. The summed E-state index contributed by atoms with van der Waals surface area (Å²) in [5.74, 6) is 1.69. The van der Waals surface area contributed by atoms with Gasteiger partial charge in [0, 0.05) is 32.7 Å². The molecular formula is C14H23N3O4. The third-order valence-corrected chi connectivity index (χ3v) is 4.39. The fourth-order valence-corrected chi connectivity index (χ4v) is 3.29. The van der Waals surface area contributed by atoms with Crippen LogP contribution in [0.15, 0.2) is 4.52 Å². The van der Waals surface area contributed by atoms with Gasteiger partial charge in [0.25, 0.3) is 0 Å². The highest BCUT2D eigenvalue weighted by atomic mass is 16.5. The van der Waals surface area contributed by atoms with Gasteiger partial charge in [-0.05, 0) is 18.8 Å². The van der Waals surface area contributed by atoms with Gasteiger partial charge in [-0.2, -0.15) is 4.98 Å². The molecule has 1 saturated heterocycles. The Balaban J connectivity index is 1.60. The normalized spacial score (nSPS) is 29.7. The molecule has 1 N–H and O–H groups in total. The second kappa shape index (κ2) is 6.83. The third kappa shape index (κ3) is 3.42. The number of hydrogen-bond acceptors (Lipinski definition) is 7. The van der Waals surface area contributed by atoms with Crippen molar-refractivity contribution in [3.63, 3.8) is 0 Å². The number of nitrogens with zero attached hydrogens (tertiary/aromatic N) is 3. The molecule has 2 heterocycles. The van der Waals surface area contributed by atoms with E-state index in [-0.39, 0.29) is 12.7 Å². The standard InChI is InChI=1S/C14H23N3O4/c1-19-4-2-13-15-14(21-16-13)8-17-3-5-20-12-7-10(9-18)6-11(12)17/h10-12,18H,2-9H2,1H3/t10-,11+,12+/m1/s1. The summed E-state index contributed by atoms with van der Waals surface area (Å²) in [6, 6.07) is 0.352. The molecule has 3 rings (SSSR count). The summed E-state index contributed by atoms with van der Waals surface area (Å²) in [7, 11) is 1.66. The van der Waals surface area contributed by atoms with Crippen LogP contribution in [-0.4, -0.2) is 65.8 Å². The van der Waals surface area contributed by atoms with Crippen LogP contribution in [0.4, 0.5) is 0 Å². The fourth-order valence-electron chi connectivity index (χ4n) is 3.29. The molecule has 1 aromatic rings. The number of aromatic nitrogens is 2. The average molecular weight is 297 g/mol. The van der Waals surface area contributed by atoms with E-state index < -0.39 is 0 Å². The first-order chi connectivity index (χ1) is 10.3. The van der Waals surface area contributed by atoms with E-state index in [2.05, 4.69) is 15.0 Å². The van der Waals surface area contributed by atoms with Crippen LogP contribution in [0.25, 0.3) is 0 Å². The number of morpholine rings is 1. The zero-order valence-electron chi connectivity index (χ0n) is 12.4. The minimum absolute atomic E-state index is 0.229. The molecule has 3 atom stereocenters. The Labute approximate surface area is 124 Å². The number of rotatable bonds is 6. The van der Waals surface area contributed by atoms with Gasteiger partial charge < -0.3 is 19.1 Å². The van der Waals surface area contributed by atoms with Crippen LogP contribution >= 0.6 is 0 Å². The quantitative estimate of drug-likeness (QED) is 0.805. The van der Waals surface area contributed by atoms with Crippen molar-refractivity contribution < 1.29 is 19.1 Å². The topological polar surface area (TPSA) is 80.9 Å². The highest BCUT2D eigenvalue weighted by Crippen LogP contribution is 2.34. The van der Waals surface area contributed by atoms with Gasteiger partial charge in [-0.25, -0.2) is 0 Å². The van der Waals surface area contributed by atoms with Crippen LogP contribution in [0, 0.1) is 5.92 Å². The molecule has 2 fully saturated rings. The zero-order valence-corrected chi connectivity index (χ0v) is 12.4. The predicted molar refractivity (Wildman–Crippen MR) is 73.6 cm³/mol. The van der Waals surface area contributed by atoms with E-state index in [4.69, 9.17) is 14.0 Å². The van der Waals surface area contributed by atoms with Crippen LogP contribution in [0.2, 0.25) is 0 Å². The first kappa shape index (κ1) is 14.9. The molecule has 0 radical (unpaired) electrons. The lowest BCUT2D eigenvalue weighted by Crippen LogP contribution is -2.47. The van der Waals surface area contributed by atoms with Gasteiger partial charge in [-0.3, -0.25) is 4.90 Å². The molecule has 21 heavy (non-hydrogen) atoms. The summed E-state index contributed by atoms with van der Waals surface area (Å²) in [6.07, 6.45) is 2.82. The molecule has 1 aliphatic heterocycles. The van der Waals surface area contributed by atoms with Crippen molar-refractivity contribution in [3.05, 3.63) is 11.7 Å². The highest BCUT2D eigenvalue weighted by Gasteiger charge is 2.41. The lowest BCUT2D eigenvalue weighted by atomic mass is 10.1. The maximum atomic E-state index is 9.35. The van der Waals surface area contributed by atoms with E-state index >= 15 is 0 Å². The van der Waals surface area contributed by atoms with Gasteiger partial charge >= 0.3 is 0 Å². The Bertz CT molecular complexity index is 453. The van der Waals surface area contributed by atoms with Gasteiger partial charge in [-0.15, -0.1) is 0 Å². The second-order valence-corrected chi connectivity index (χ2v) is 5.81. The van der Waals surface area contributed by atoms with Crippen molar-refractivity contribution in [1.82, 2.24) is 15.0 Å². The summed E-state index contributed by atoms with van der Waals surface area (Å²) in [4.78, 5) is 6.75. The molecular weight excluding hydrogens is 274 g/mol.